The number of hydrogen-bond donors (Lipinski definition) is 0. The van der Waals surface area contributed by atoms with E-state index in [9.17, 15) is 4.79 Å². The predicted molar refractivity (Wildman–Crippen MR) is 137 cm³/mol. The molecule has 1 amide bonds. The summed E-state index contributed by atoms with van der Waals surface area (Å²) < 4.78 is 5.96. The first-order chi connectivity index (χ1) is 17.3. The Bertz CT molecular complexity index is 1280. The average Bonchev–Trinajstić information content (AvgIpc) is 3.26. The van der Waals surface area contributed by atoms with E-state index in [4.69, 9.17) is 9.57 Å². The molecule has 4 heteroatoms. The van der Waals surface area contributed by atoms with E-state index in [1.807, 2.05) is 54.6 Å². The summed E-state index contributed by atoms with van der Waals surface area (Å²) in [7, 11) is 0. The monoisotopic (exact) mass is 461 g/mol. The maximum absolute atomic E-state index is 13.5. The van der Waals surface area contributed by atoms with Gasteiger partial charge in [-0.1, -0.05) is 109 Å². The number of carbonyl (C=O) groups is 1. The van der Waals surface area contributed by atoms with Crippen LogP contribution >= 0.6 is 0 Å². The Balaban J connectivity index is 1.26. The van der Waals surface area contributed by atoms with Crippen LogP contribution in [0.4, 0.5) is 4.79 Å². The molecule has 1 heterocycles. The van der Waals surface area contributed by atoms with Gasteiger partial charge in [0.25, 0.3) is 0 Å². The van der Waals surface area contributed by atoms with Gasteiger partial charge in [-0.3, -0.25) is 4.84 Å². The molecule has 0 radical (unpaired) electrons. The Morgan fingerprint density at radius 1 is 0.857 bits per heavy atom. The van der Waals surface area contributed by atoms with Crippen molar-refractivity contribution in [2.45, 2.75) is 30.9 Å². The van der Waals surface area contributed by atoms with Crippen molar-refractivity contribution >= 4 is 6.09 Å². The van der Waals surface area contributed by atoms with Crippen molar-refractivity contribution in [2.75, 3.05) is 6.61 Å². The fraction of sp³-hybridized carbons (Fsp3) is 0.194. The Kier molecular flexibility index (Phi) is 5.81. The third kappa shape index (κ3) is 4.11. The highest BCUT2D eigenvalue weighted by atomic mass is 16.7. The van der Waals surface area contributed by atoms with Crippen molar-refractivity contribution in [1.29, 1.82) is 0 Å². The van der Waals surface area contributed by atoms with Crippen molar-refractivity contribution in [3.05, 3.63) is 132 Å². The van der Waals surface area contributed by atoms with Gasteiger partial charge in [0.15, 0.2) is 0 Å². The minimum Gasteiger partial charge on any atom is -0.447 e. The van der Waals surface area contributed by atoms with Crippen molar-refractivity contribution in [2.24, 2.45) is 0 Å². The minimum atomic E-state index is -0.476. The molecule has 6 rings (SSSR count). The Hall–Kier alpha value is -3.89. The number of hydroxylamine groups is 2. The van der Waals surface area contributed by atoms with Crippen LogP contribution in [0.2, 0.25) is 0 Å². The fourth-order valence-corrected chi connectivity index (χ4v) is 5.23. The lowest BCUT2D eigenvalue weighted by atomic mass is 9.98. The first-order valence-electron chi connectivity index (χ1n) is 12.2. The summed E-state index contributed by atoms with van der Waals surface area (Å²) in [5.74, 6) is 0.00152. The number of amides is 1. The van der Waals surface area contributed by atoms with Gasteiger partial charge in [-0.25, -0.2) is 4.79 Å². The average molecular weight is 462 g/mol. The smallest absolute Gasteiger partial charge is 0.434 e. The summed E-state index contributed by atoms with van der Waals surface area (Å²) in [6.07, 6.45) is 11.7. The van der Waals surface area contributed by atoms with Gasteiger partial charge in [-0.15, -0.1) is 0 Å². The zero-order valence-corrected chi connectivity index (χ0v) is 19.4. The minimum absolute atomic E-state index is 0.00152. The first kappa shape index (κ1) is 21.6. The molecule has 3 aromatic carbocycles. The molecule has 0 saturated heterocycles. The number of rotatable bonds is 4. The number of benzene rings is 3. The van der Waals surface area contributed by atoms with Crippen LogP contribution in [0.15, 0.2) is 115 Å². The number of allylic oxidation sites excluding steroid dienone is 2. The van der Waals surface area contributed by atoms with Crippen LogP contribution in [0.25, 0.3) is 11.1 Å². The molecule has 0 saturated carbocycles. The van der Waals surface area contributed by atoms with E-state index in [1.165, 1.54) is 27.3 Å². The molecule has 0 bridgehead atoms. The van der Waals surface area contributed by atoms with E-state index >= 15 is 0 Å². The number of fused-ring (bicyclic) bond motifs is 3. The third-order valence-electron chi connectivity index (χ3n) is 6.96. The van der Waals surface area contributed by atoms with E-state index in [-0.39, 0.29) is 24.7 Å². The quantitative estimate of drug-likeness (QED) is 0.388. The predicted octanol–water partition coefficient (Wildman–Crippen LogP) is 7.13. The molecule has 2 unspecified atom stereocenters. The Labute approximate surface area is 205 Å². The molecule has 3 aromatic rings. The molecule has 0 aromatic heterocycles. The second-order valence-corrected chi connectivity index (χ2v) is 9.08. The Morgan fingerprint density at radius 2 is 1.54 bits per heavy atom. The maximum atomic E-state index is 13.5. The summed E-state index contributed by atoms with van der Waals surface area (Å²) >= 11 is 0. The second kappa shape index (κ2) is 9.40. The molecule has 2 aliphatic carbocycles. The van der Waals surface area contributed by atoms with Gasteiger partial charge in [0.1, 0.15) is 18.8 Å². The maximum Gasteiger partial charge on any atom is 0.434 e. The van der Waals surface area contributed by atoms with Crippen LogP contribution in [0.3, 0.4) is 0 Å². The van der Waals surface area contributed by atoms with Crippen molar-refractivity contribution in [3.8, 4) is 11.1 Å². The van der Waals surface area contributed by atoms with E-state index in [0.717, 1.165) is 24.0 Å². The zero-order chi connectivity index (χ0) is 23.6. The van der Waals surface area contributed by atoms with E-state index in [1.54, 1.807) is 0 Å². The molecule has 1 aliphatic heterocycles. The first-order valence-corrected chi connectivity index (χ1v) is 12.2. The van der Waals surface area contributed by atoms with Gasteiger partial charge < -0.3 is 4.74 Å². The van der Waals surface area contributed by atoms with Gasteiger partial charge in [0.2, 0.25) is 0 Å². The summed E-state index contributed by atoms with van der Waals surface area (Å²) in [5.41, 5.74) is 6.84. The highest BCUT2D eigenvalue weighted by Gasteiger charge is 2.35. The summed E-state index contributed by atoms with van der Waals surface area (Å²) in [4.78, 5) is 19.8. The summed E-state index contributed by atoms with van der Waals surface area (Å²) in [5, 5.41) is 1.40. The van der Waals surface area contributed by atoms with Crippen LogP contribution < -0.4 is 0 Å². The van der Waals surface area contributed by atoms with Gasteiger partial charge in [-0.2, -0.15) is 5.06 Å². The van der Waals surface area contributed by atoms with Crippen molar-refractivity contribution < 1.29 is 14.4 Å². The molecule has 35 heavy (non-hydrogen) atoms. The van der Waals surface area contributed by atoms with Gasteiger partial charge in [0, 0.05) is 5.92 Å². The Morgan fingerprint density at radius 3 is 2.23 bits per heavy atom. The van der Waals surface area contributed by atoms with Crippen LogP contribution in [-0.4, -0.2) is 23.9 Å². The van der Waals surface area contributed by atoms with E-state index in [0.29, 0.717) is 0 Å². The van der Waals surface area contributed by atoms with Crippen LogP contribution in [0.1, 0.15) is 41.5 Å². The lowest BCUT2D eigenvalue weighted by molar-refractivity contribution is -0.174. The van der Waals surface area contributed by atoms with Gasteiger partial charge in [0.05, 0.1) is 0 Å². The summed E-state index contributed by atoms with van der Waals surface area (Å²) in [6.45, 7) is 0.255. The number of hydrogen-bond acceptors (Lipinski definition) is 3. The molecule has 174 valence electrons. The van der Waals surface area contributed by atoms with Crippen LogP contribution in [0, 0.1) is 0 Å². The van der Waals surface area contributed by atoms with Crippen LogP contribution in [0.5, 0.6) is 0 Å². The largest absolute Gasteiger partial charge is 0.447 e. The van der Waals surface area contributed by atoms with Crippen molar-refractivity contribution in [3.63, 3.8) is 0 Å². The number of nitrogens with zero attached hydrogens (tertiary/aromatic N) is 1. The lowest BCUT2D eigenvalue weighted by Crippen LogP contribution is -2.41. The van der Waals surface area contributed by atoms with E-state index < -0.39 is 6.09 Å². The SMILES string of the molecule is O=C(OCC1c2ccccc2-c2ccccc21)N1OC(C2=CCCC=C2)C=CC1c1ccccc1. The third-order valence-corrected chi connectivity index (χ3v) is 6.96. The highest BCUT2D eigenvalue weighted by Crippen LogP contribution is 2.44. The van der Waals surface area contributed by atoms with E-state index in [2.05, 4.69) is 54.6 Å². The molecule has 4 nitrogen and oxygen atoms in total. The molecular weight excluding hydrogens is 434 g/mol. The number of carbonyl (C=O) groups excluding carboxylic acids is 1. The summed E-state index contributed by atoms with van der Waals surface area (Å²) in [6, 6.07) is 26.3. The molecule has 0 N–H and O–H groups in total. The second-order valence-electron chi connectivity index (χ2n) is 9.08. The lowest BCUT2D eigenvalue weighted by Gasteiger charge is -2.35. The van der Waals surface area contributed by atoms with Gasteiger partial charge in [-0.05, 0) is 46.2 Å². The zero-order valence-electron chi connectivity index (χ0n) is 19.4. The highest BCUT2D eigenvalue weighted by molar-refractivity contribution is 5.79. The standard InChI is InChI=1S/C31H27NO3/c33-31(34-21-28-26-17-9-7-15-24(26)25-16-8-10-18-27(25)28)32-29(22-11-3-1-4-12-22)19-20-30(35-32)23-13-5-2-6-14-23/h1,3-5,7-20,28-30H,2,6,21H2. The van der Waals surface area contributed by atoms with Gasteiger partial charge >= 0.3 is 6.09 Å². The fourth-order valence-electron chi connectivity index (χ4n) is 5.23. The molecule has 0 spiro atoms. The molecule has 2 atom stereocenters. The molecule has 3 aliphatic rings. The number of ether oxygens (including phenoxy) is 1. The molecule has 0 fully saturated rings. The normalized spacial score (nSPS) is 20.8. The topological polar surface area (TPSA) is 38.8 Å². The molecular formula is C31H27NO3. The van der Waals surface area contributed by atoms with Crippen molar-refractivity contribution in [1.82, 2.24) is 5.06 Å². The van der Waals surface area contributed by atoms with Crippen LogP contribution in [-0.2, 0) is 9.57 Å².